The molecular weight excluding hydrogens is 637 g/mol. The van der Waals surface area contributed by atoms with Gasteiger partial charge < -0.3 is 19.6 Å². The minimum absolute atomic E-state index is 0.0778. The molecule has 6 rings (SSSR count). The molecule has 0 spiro atoms. The van der Waals surface area contributed by atoms with Crippen molar-refractivity contribution < 1.29 is 14.7 Å². The van der Waals surface area contributed by atoms with Crippen LogP contribution in [0.5, 0.6) is 0 Å². The third-order valence-electron chi connectivity index (χ3n) is 9.50. The van der Waals surface area contributed by atoms with Gasteiger partial charge in [0, 0.05) is 49.5 Å². The SMILES string of the molecule is C=NC(=O)CCNC(=O)CCCCC#Cc1cccc(Cn2c(-c3ccccc3)c(-c3ccccc3)c3c(=N)n(C4CCC(O)CC4)cnc32)c1. The van der Waals surface area contributed by atoms with Gasteiger partial charge in [0.25, 0.3) is 0 Å². The van der Waals surface area contributed by atoms with Crippen molar-refractivity contribution in [3.8, 4) is 34.2 Å². The van der Waals surface area contributed by atoms with E-state index in [0.29, 0.717) is 31.3 Å². The maximum absolute atomic E-state index is 12.0. The number of aromatic nitrogens is 3. The number of fused-ring (bicyclic) bond motifs is 1. The van der Waals surface area contributed by atoms with Crippen LogP contribution in [0.25, 0.3) is 33.4 Å². The topological polar surface area (TPSA) is 125 Å². The maximum atomic E-state index is 12.0. The zero-order chi connectivity index (χ0) is 35.6. The van der Waals surface area contributed by atoms with Crippen LogP contribution >= 0.6 is 0 Å². The fourth-order valence-electron chi connectivity index (χ4n) is 6.89. The van der Waals surface area contributed by atoms with Gasteiger partial charge in [0.1, 0.15) is 11.1 Å². The number of hydrogen-bond donors (Lipinski definition) is 3. The molecule has 0 unspecified atom stereocenters. The summed E-state index contributed by atoms with van der Waals surface area (Å²) in [6.45, 7) is 4.01. The number of rotatable bonds is 12. The number of aliphatic hydroxyl groups is 1. The number of hydrogen-bond acceptors (Lipinski definition) is 5. The molecule has 0 atom stereocenters. The molecule has 2 amide bonds. The van der Waals surface area contributed by atoms with E-state index < -0.39 is 0 Å². The van der Waals surface area contributed by atoms with Crippen LogP contribution < -0.4 is 10.8 Å². The molecule has 3 aromatic carbocycles. The Hall–Kier alpha value is -5.59. The highest BCUT2D eigenvalue weighted by atomic mass is 16.3. The first-order valence-corrected chi connectivity index (χ1v) is 17.7. The van der Waals surface area contributed by atoms with E-state index in [9.17, 15) is 20.1 Å². The summed E-state index contributed by atoms with van der Waals surface area (Å²) in [5.74, 6) is 6.16. The van der Waals surface area contributed by atoms with E-state index >= 15 is 0 Å². The molecule has 1 fully saturated rings. The number of unbranched alkanes of at least 4 members (excludes halogenated alkanes) is 2. The molecule has 2 aromatic heterocycles. The van der Waals surface area contributed by atoms with Gasteiger partial charge in [-0.3, -0.25) is 15.0 Å². The van der Waals surface area contributed by atoms with Crippen LogP contribution in [0.2, 0.25) is 0 Å². The second kappa shape index (κ2) is 16.9. The van der Waals surface area contributed by atoms with Crippen LogP contribution in [0.15, 0.2) is 96.2 Å². The minimum atomic E-state index is -0.325. The molecule has 2 heterocycles. The molecule has 0 bridgehead atoms. The Bertz CT molecular complexity index is 2120. The molecule has 0 saturated heterocycles. The van der Waals surface area contributed by atoms with E-state index in [2.05, 4.69) is 69.8 Å². The third kappa shape index (κ3) is 8.59. The highest BCUT2D eigenvalue weighted by Crippen LogP contribution is 2.40. The predicted molar refractivity (Wildman–Crippen MR) is 201 cm³/mol. The van der Waals surface area contributed by atoms with Gasteiger partial charge in [-0.15, -0.1) is 0 Å². The second-order valence-electron chi connectivity index (χ2n) is 13.1. The van der Waals surface area contributed by atoms with Gasteiger partial charge >= 0.3 is 0 Å². The van der Waals surface area contributed by atoms with Gasteiger partial charge in [-0.25, -0.2) is 9.98 Å². The summed E-state index contributed by atoms with van der Waals surface area (Å²) in [5, 5.41) is 23.3. The molecular formula is C42H44N6O3. The molecule has 5 aromatic rings. The lowest BCUT2D eigenvalue weighted by atomic mass is 9.93. The lowest BCUT2D eigenvalue weighted by molar-refractivity contribution is -0.121. The second-order valence-corrected chi connectivity index (χ2v) is 13.1. The summed E-state index contributed by atoms with van der Waals surface area (Å²) in [6, 6.07) is 29.0. The first-order chi connectivity index (χ1) is 24.9. The summed E-state index contributed by atoms with van der Waals surface area (Å²) in [7, 11) is 0. The van der Waals surface area contributed by atoms with Crippen LogP contribution in [-0.4, -0.2) is 50.4 Å². The van der Waals surface area contributed by atoms with Crippen LogP contribution in [0.3, 0.4) is 0 Å². The number of benzene rings is 3. The lowest BCUT2D eigenvalue weighted by Gasteiger charge is -2.27. The fraction of sp³-hybridized carbons (Fsp3) is 0.310. The van der Waals surface area contributed by atoms with Crippen LogP contribution in [-0.2, 0) is 16.1 Å². The number of aliphatic imine (C=N–C) groups is 1. The van der Waals surface area contributed by atoms with Gasteiger partial charge in [0.15, 0.2) is 0 Å². The largest absolute Gasteiger partial charge is 0.393 e. The highest BCUT2D eigenvalue weighted by Gasteiger charge is 2.26. The van der Waals surface area contributed by atoms with Gasteiger partial charge in [0.05, 0.1) is 23.5 Å². The molecule has 1 aliphatic rings. The van der Waals surface area contributed by atoms with E-state index in [1.54, 1.807) is 0 Å². The van der Waals surface area contributed by atoms with Crippen molar-refractivity contribution in [3.63, 3.8) is 0 Å². The minimum Gasteiger partial charge on any atom is -0.393 e. The van der Waals surface area contributed by atoms with Crippen molar-refractivity contribution in [2.75, 3.05) is 6.54 Å². The predicted octanol–water partition coefficient (Wildman–Crippen LogP) is 6.82. The summed E-state index contributed by atoms with van der Waals surface area (Å²) in [4.78, 5) is 31.6. The quantitative estimate of drug-likeness (QED) is 0.0760. The van der Waals surface area contributed by atoms with Crippen molar-refractivity contribution in [3.05, 3.63) is 108 Å². The van der Waals surface area contributed by atoms with Crippen molar-refractivity contribution in [1.82, 2.24) is 19.4 Å². The molecule has 1 aliphatic carbocycles. The van der Waals surface area contributed by atoms with E-state index in [-0.39, 0.29) is 36.9 Å². The molecule has 3 N–H and O–H groups in total. The molecule has 9 heteroatoms. The Morgan fingerprint density at radius 3 is 2.39 bits per heavy atom. The summed E-state index contributed by atoms with van der Waals surface area (Å²) >= 11 is 0. The van der Waals surface area contributed by atoms with Crippen molar-refractivity contribution in [1.29, 1.82) is 5.41 Å². The smallest absolute Gasteiger partial charge is 0.246 e. The zero-order valence-electron chi connectivity index (χ0n) is 28.9. The van der Waals surface area contributed by atoms with Crippen LogP contribution in [0, 0.1) is 17.3 Å². The Kier molecular flexibility index (Phi) is 11.7. The Labute approximate surface area is 298 Å². The van der Waals surface area contributed by atoms with Gasteiger partial charge in [0.2, 0.25) is 11.8 Å². The average molecular weight is 681 g/mol. The first kappa shape index (κ1) is 35.2. The third-order valence-corrected chi connectivity index (χ3v) is 9.50. The van der Waals surface area contributed by atoms with Crippen molar-refractivity contribution in [2.24, 2.45) is 4.99 Å². The highest BCUT2D eigenvalue weighted by molar-refractivity contribution is 6.02. The van der Waals surface area contributed by atoms with E-state index in [4.69, 9.17) is 4.98 Å². The van der Waals surface area contributed by atoms with Gasteiger partial charge in [-0.2, -0.15) is 0 Å². The number of carbonyl (C=O) groups excluding carboxylic acids is 2. The van der Waals surface area contributed by atoms with Crippen molar-refractivity contribution in [2.45, 2.75) is 76.5 Å². The van der Waals surface area contributed by atoms with Gasteiger partial charge in [-0.05, 0) is 74.1 Å². The zero-order valence-corrected chi connectivity index (χ0v) is 28.9. The molecule has 0 aliphatic heterocycles. The Balaban J connectivity index is 1.28. The van der Waals surface area contributed by atoms with E-state index in [0.717, 1.165) is 76.6 Å². The first-order valence-electron chi connectivity index (χ1n) is 17.7. The monoisotopic (exact) mass is 680 g/mol. The number of carbonyl (C=O) groups is 2. The standard InChI is InChI=1S/C42H44N6O3/c1-44-36(50)25-26-45-37(51)20-11-3-2-6-13-30-14-12-15-31(27-30)28-47-40(33-18-9-5-10-19-33)38(32-16-7-4-8-17-32)39-41(43)48(29-46-42(39)47)34-21-23-35(49)24-22-34/h4-5,7-10,12,14-19,27,29,34-35,43,49H,1-3,11,20-26,28H2,(H,45,51). The molecule has 9 nitrogen and oxygen atoms in total. The van der Waals surface area contributed by atoms with E-state index in [1.807, 2.05) is 59.4 Å². The van der Waals surface area contributed by atoms with Crippen LogP contribution in [0.4, 0.5) is 0 Å². The normalized spacial score (nSPS) is 15.5. The number of amides is 2. The molecule has 0 radical (unpaired) electrons. The van der Waals surface area contributed by atoms with E-state index in [1.165, 1.54) is 0 Å². The summed E-state index contributed by atoms with van der Waals surface area (Å²) in [6.07, 6.45) is 7.38. The molecule has 51 heavy (non-hydrogen) atoms. The summed E-state index contributed by atoms with van der Waals surface area (Å²) in [5.41, 5.74) is 7.27. The molecule has 260 valence electrons. The lowest BCUT2D eigenvalue weighted by Crippen LogP contribution is -2.29. The number of nitrogens with one attached hydrogen (secondary N) is 2. The van der Waals surface area contributed by atoms with Gasteiger partial charge in [-0.1, -0.05) is 84.6 Å². The average Bonchev–Trinajstić information content (AvgIpc) is 3.49. The Morgan fingerprint density at radius 2 is 1.67 bits per heavy atom. The summed E-state index contributed by atoms with van der Waals surface area (Å²) < 4.78 is 4.24. The fourth-order valence-corrected chi connectivity index (χ4v) is 6.89. The van der Waals surface area contributed by atoms with Crippen LogP contribution in [0.1, 0.15) is 75.0 Å². The maximum Gasteiger partial charge on any atom is 0.246 e. The number of nitrogens with zero attached hydrogens (tertiary/aromatic N) is 4. The molecule has 1 saturated carbocycles. The van der Waals surface area contributed by atoms with Crippen molar-refractivity contribution >= 4 is 29.6 Å². The number of aliphatic hydroxyl groups excluding tert-OH is 1. The Morgan fingerprint density at radius 1 is 0.941 bits per heavy atom.